The second kappa shape index (κ2) is 3.90. The van der Waals surface area contributed by atoms with Crippen LogP contribution in [0.5, 0.6) is 0 Å². The van der Waals surface area contributed by atoms with Crippen LogP contribution in [0.2, 0.25) is 0 Å². The maximum Gasteiger partial charge on any atom is 0.257 e. The van der Waals surface area contributed by atoms with Crippen LogP contribution in [0.25, 0.3) is 0 Å². The Kier molecular flexibility index (Phi) is 2.49. The van der Waals surface area contributed by atoms with Crippen molar-refractivity contribution in [2.24, 2.45) is 11.3 Å². The van der Waals surface area contributed by atoms with Crippen molar-refractivity contribution in [2.45, 2.75) is 32.6 Å². The normalized spacial score (nSPS) is 26.9. The summed E-state index contributed by atoms with van der Waals surface area (Å²) in [7, 11) is 0. The standard InChI is InChI=1S/C14H19NO2/c1-11-3-7-15(10-14(11)5-2-6-14)13(16)12-4-8-17-9-12/h4,8-9,11H,2-3,5-7,10H2,1H3. The first-order valence-electron chi connectivity index (χ1n) is 6.53. The largest absolute Gasteiger partial charge is 0.472 e. The fraction of sp³-hybridized carbons (Fsp3) is 0.643. The van der Waals surface area contributed by atoms with E-state index in [-0.39, 0.29) is 5.91 Å². The lowest BCUT2D eigenvalue weighted by Crippen LogP contribution is -2.53. The summed E-state index contributed by atoms with van der Waals surface area (Å²) >= 11 is 0. The van der Waals surface area contributed by atoms with Crippen LogP contribution in [0.3, 0.4) is 0 Å². The van der Waals surface area contributed by atoms with Crippen LogP contribution in [-0.4, -0.2) is 23.9 Å². The number of carbonyl (C=O) groups excluding carboxylic acids is 1. The molecule has 1 aliphatic heterocycles. The third-order valence-corrected chi connectivity index (χ3v) is 4.79. The second-order valence-corrected chi connectivity index (χ2v) is 5.64. The van der Waals surface area contributed by atoms with Crippen molar-refractivity contribution in [3.8, 4) is 0 Å². The van der Waals surface area contributed by atoms with Crippen LogP contribution < -0.4 is 0 Å². The molecule has 17 heavy (non-hydrogen) atoms. The predicted molar refractivity (Wildman–Crippen MR) is 64.7 cm³/mol. The van der Waals surface area contributed by atoms with Gasteiger partial charge in [-0.3, -0.25) is 4.79 Å². The molecule has 0 aromatic carbocycles. The van der Waals surface area contributed by atoms with E-state index in [1.807, 2.05) is 4.90 Å². The molecule has 1 aliphatic carbocycles. The first-order chi connectivity index (χ1) is 8.21. The van der Waals surface area contributed by atoms with Gasteiger partial charge in [0.15, 0.2) is 0 Å². The van der Waals surface area contributed by atoms with Gasteiger partial charge in [0.2, 0.25) is 0 Å². The first-order valence-corrected chi connectivity index (χ1v) is 6.53. The van der Waals surface area contributed by atoms with Gasteiger partial charge in [0.25, 0.3) is 5.91 Å². The molecule has 1 aromatic heterocycles. The molecule has 1 amide bonds. The molecule has 1 aromatic rings. The molecule has 0 bridgehead atoms. The minimum atomic E-state index is 0.136. The Bertz CT molecular complexity index is 406. The molecular weight excluding hydrogens is 214 g/mol. The Morgan fingerprint density at radius 3 is 2.94 bits per heavy atom. The van der Waals surface area contributed by atoms with Crippen molar-refractivity contribution < 1.29 is 9.21 Å². The van der Waals surface area contributed by atoms with E-state index >= 15 is 0 Å². The summed E-state index contributed by atoms with van der Waals surface area (Å²) in [5.41, 5.74) is 1.12. The van der Waals surface area contributed by atoms with Crippen LogP contribution in [0, 0.1) is 11.3 Å². The van der Waals surface area contributed by atoms with Crippen LogP contribution in [0.15, 0.2) is 23.0 Å². The molecule has 3 heteroatoms. The average Bonchev–Trinajstić information content (AvgIpc) is 2.80. The van der Waals surface area contributed by atoms with Gasteiger partial charge < -0.3 is 9.32 Å². The number of amides is 1. The second-order valence-electron chi connectivity index (χ2n) is 5.64. The van der Waals surface area contributed by atoms with Crippen LogP contribution in [0.4, 0.5) is 0 Å². The fourth-order valence-electron chi connectivity index (χ4n) is 3.29. The van der Waals surface area contributed by atoms with Gasteiger partial charge in [0, 0.05) is 13.1 Å². The number of furan rings is 1. The molecule has 1 spiro atoms. The molecule has 2 fully saturated rings. The Morgan fingerprint density at radius 2 is 2.35 bits per heavy atom. The average molecular weight is 233 g/mol. The highest BCUT2D eigenvalue weighted by Gasteiger charge is 2.46. The number of rotatable bonds is 1. The Morgan fingerprint density at radius 1 is 1.53 bits per heavy atom. The van der Waals surface area contributed by atoms with E-state index in [0.29, 0.717) is 11.0 Å². The summed E-state index contributed by atoms with van der Waals surface area (Å²) in [5.74, 6) is 0.904. The summed E-state index contributed by atoms with van der Waals surface area (Å²) in [5, 5.41) is 0. The molecule has 2 heterocycles. The van der Waals surface area contributed by atoms with E-state index in [2.05, 4.69) is 6.92 Å². The van der Waals surface area contributed by atoms with E-state index in [4.69, 9.17) is 4.42 Å². The van der Waals surface area contributed by atoms with Crippen molar-refractivity contribution in [1.82, 2.24) is 4.90 Å². The lowest BCUT2D eigenvalue weighted by atomic mass is 9.59. The fourth-order valence-corrected chi connectivity index (χ4v) is 3.29. The quantitative estimate of drug-likeness (QED) is 0.747. The summed E-state index contributed by atoms with van der Waals surface area (Å²) in [6, 6.07) is 1.76. The summed E-state index contributed by atoms with van der Waals surface area (Å²) in [6.45, 7) is 4.18. The van der Waals surface area contributed by atoms with Crippen LogP contribution >= 0.6 is 0 Å². The van der Waals surface area contributed by atoms with Gasteiger partial charge in [-0.15, -0.1) is 0 Å². The number of piperidine rings is 1. The zero-order valence-corrected chi connectivity index (χ0v) is 10.3. The smallest absolute Gasteiger partial charge is 0.257 e. The predicted octanol–water partition coefficient (Wildman–Crippen LogP) is 2.93. The number of carbonyl (C=O) groups is 1. The molecule has 0 N–H and O–H groups in total. The van der Waals surface area contributed by atoms with E-state index in [1.165, 1.54) is 19.3 Å². The van der Waals surface area contributed by atoms with Gasteiger partial charge in [-0.2, -0.15) is 0 Å². The van der Waals surface area contributed by atoms with E-state index in [1.54, 1.807) is 18.6 Å². The van der Waals surface area contributed by atoms with Crippen molar-refractivity contribution in [3.63, 3.8) is 0 Å². The topological polar surface area (TPSA) is 33.5 Å². The first kappa shape index (κ1) is 10.9. The lowest BCUT2D eigenvalue weighted by molar-refractivity contribution is -0.0208. The van der Waals surface area contributed by atoms with Gasteiger partial charge in [-0.1, -0.05) is 13.3 Å². The minimum absolute atomic E-state index is 0.136. The van der Waals surface area contributed by atoms with Gasteiger partial charge in [0.05, 0.1) is 11.8 Å². The molecule has 2 aliphatic rings. The number of nitrogens with zero attached hydrogens (tertiary/aromatic N) is 1. The van der Waals surface area contributed by atoms with Gasteiger partial charge in [-0.05, 0) is 36.7 Å². The van der Waals surface area contributed by atoms with Gasteiger partial charge in [-0.25, -0.2) is 0 Å². The van der Waals surface area contributed by atoms with E-state index in [9.17, 15) is 4.79 Å². The Hall–Kier alpha value is -1.25. The summed E-state index contributed by atoms with van der Waals surface area (Å²) < 4.78 is 4.99. The number of hydrogen-bond acceptors (Lipinski definition) is 2. The maximum absolute atomic E-state index is 12.3. The third kappa shape index (κ3) is 1.68. The monoisotopic (exact) mass is 233 g/mol. The van der Waals surface area contributed by atoms with E-state index < -0.39 is 0 Å². The van der Waals surface area contributed by atoms with Crippen molar-refractivity contribution in [2.75, 3.05) is 13.1 Å². The van der Waals surface area contributed by atoms with Gasteiger partial charge in [0.1, 0.15) is 6.26 Å². The zero-order chi connectivity index (χ0) is 11.9. The lowest BCUT2D eigenvalue weighted by Gasteiger charge is -2.53. The van der Waals surface area contributed by atoms with Crippen molar-refractivity contribution in [1.29, 1.82) is 0 Å². The number of likely N-dealkylation sites (tertiary alicyclic amines) is 1. The van der Waals surface area contributed by atoms with Crippen LogP contribution in [-0.2, 0) is 0 Å². The molecule has 1 atom stereocenters. The molecule has 1 unspecified atom stereocenters. The van der Waals surface area contributed by atoms with Crippen molar-refractivity contribution >= 4 is 5.91 Å². The van der Waals surface area contributed by atoms with Gasteiger partial charge >= 0.3 is 0 Å². The molecule has 3 nitrogen and oxygen atoms in total. The Labute approximate surface area is 102 Å². The third-order valence-electron chi connectivity index (χ3n) is 4.79. The molecule has 1 saturated heterocycles. The number of hydrogen-bond donors (Lipinski definition) is 0. The zero-order valence-electron chi connectivity index (χ0n) is 10.3. The highest BCUT2D eigenvalue weighted by Crippen LogP contribution is 2.50. The molecule has 92 valence electrons. The van der Waals surface area contributed by atoms with E-state index in [0.717, 1.165) is 25.4 Å². The summed E-state index contributed by atoms with van der Waals surface area (Å²) in [6.07, 6.45) is 8.18. The highest BCUT2D eigenvalue weighted by atomic mass is 16.3. The van der Waals surface area contributed by atoms with Crippen LogP contribution in [0.1, 0.15) is 43.0 Å². The summed E-state index contributed by atoms with van der Waals surface area (Å²) in [4.78, 5) is 14.3. The molecule has 1 saturated carbocycles. The molecular formula is C14H19NO2. The van der Waals surface area contributed by atoms with Crippen molar-refractivity contribution in [3.05, 3.63) is 24.2 Å². The SMILES string of the molecule is CC1CCN(C(=O)c2ccoc2)CC12CCC2. The Balaban J connectivity index is 1.75. The highest BCUT2D eigenvalue weighted by molar-refractivity contribution is 5.93. The molecule has 3 rings (SSSR count). The maximum atomic E-state index is 12.3. The minimum Gasteiger partial charge on any atom is -0.472 e. The molecule has 0 radical (unpaired) electrons.